The maximum atomic E-state index is 11.6. The molecule has 1 fully saturated rings. The summed E-state index contributed by atoms with van der Waals surface area (Å²) in [6.07, 6.45) is 4.57. The molecule has 0 aliphatic carbocycles. The molecule has 4 nitrogen and oxygen atoms in total. The Balaban J connectivity index is 2.23. The smallest absolute Gasteiger partial charge is 0.247 e. The SMILES string of the molecule is Cc1cnn(C2CCN(C)C2=O)c1. The number of amides is 1. The van der Waals surface area contributed by atoms with Crippen molar-refractivity contribution in [3.8, 4) is 0 Å². The number of nitrogens with zero attached hydrogens (tertiary/aromatic N) is 3. The zero-order valence-electron chi connectivity index (χ0n) is 7.90. The molecule has 1 amide bonds. The lowest BCUT2D eigenvalue weighted by Gasteiger charge is -2.09. The lowest BCUT2D eigenvalue weighted by molar-refractivity contribution is -0.129. The fourth-order valence-electron chi connectivity index (χ4n) is 1.65. The van der Waals surface area contributed by atoms with Gasteiger partial charge < -0.3 is 4.90 Å². The summed E-state index contributed by atoms with van der Waals surface area (Å²) in [6, 6.07) is -0.0706. The van der Waals surface area contributed by atoms with E-state index in [0.717, 1.165) is 18.5 Å². The number of carbonyl (C=O) groups excluding carboxylic acids is 1. The molecule has 0 aromatic carbocycles. The summed E-state index contributed by atoms with van der Waals surface area (Å²) in [6.45, 7) is 2.81. The van der Waals surface area contributed by atoms with E-state index in [2.05, 4.69) is 5.10 Å². The van der Waals surface area contributed by atoms with Crippen molar-refractivity contribution in [2.75, 3.05) is 13.6 Å². The van der Waals surface area contributed by atoms with E-state index in [1.54, 1.807) is 15.8 Å². The van der Waals surface area contributed by atoms with Crippen molar-refractivity contribution in [2.24, 2.45) is 0 Å². The minimum absolute atomic E-state index is 0.0706. The van der Waals surface area contributed by atoms with Crippen LogP contribution < -0.4 is 0 Å². The number of likely N-dealkylation sites (N-methyl/N-ethyl adjacent to an activating group) is 1. The monoisotopic (exact) mass is 179 g/mol. The zero-order valence-corrected chi connectivity index (χ0v) is 7.90. The Morgan fingerprint density at radius 1 is 1.62 bits per heavy atom. The number of likely N-dealkylation sites (tertiary alicyclic amines) is 1. The highest BCUT2D eigenvalue weighted by atomic mass is 16.2. The van der Waals surface area contributed by atoms with E-state index in [-0.39, 0.29) is 11.9 Å². The van der Waals surface area contributed by atoms with Gasteiger partial charge in [0.2, 0.25) is 5.91 Å². The molecule has 0 saturated carbocycles. The van der Waals surface area contributed by atoms with Crippen LogP contribution in [0.2, 0.25) is 0 Å². The highest BCUT2D eigenvalue weighted by molar-refractivity contribution is 5.82. The normalized spacial score (nSPS) is 22.8. The molecule has 2 rings (SSSR count). The van der Waals surface area contributed by atoms with Gasteiger partial charge in [-0.25, -0.2) is 0 Å². The first-order valence-corrected chi connectivity index (χ1v) is 4.44. The van der Waals surface area contributed by atoms with Crippen LogP contribution in [0.25, 0.3) is 0 Å². The molecule has 1 aliphatic heterocycles. The molecule has 1 aromatic rings. The van der Waals surface area contributed by atoms with Crippen LogP contribution in [0.5, 0.6) is 0 Å². The van der Waals surface area contributed by atoms with Crippen molar-refractivity contribution in [3.63, 3.8) is 0 Å². The predicted octanol–water partition coefficient (Wildman–Crippen LogP) is 0.595. The topological polar surface area (TPSA) is 38.1 Å². The van der Waals surface area contributed by atoms with E-state index >= 15 is 0 Å². The van der Waals surface area contributed by atoms with Crippen LogP contribution >= 0.6 is 0 Å². The van der Waals surface area contributed by atoms with Gasteiger partial charge in [0, 0.05) is 19.8 Å². The molecule has 1 atom stereocenters. The van der Waals surface area contributed by atoms with Crippen LogP contribution in [0.1, 0.15) is 18.0 Å². The Kier molecular flexibility index (Phi) is 1.83. The average Bonchev–Trinajstić information content (AvgIpc) is 2.62. The van der Waals surface area contributed by atoms with E-state index < -0.39 is 0 Å². The predicted molar refractivity (Wildman–Crippen MR) is 48.3 cm³/mol. The average molecular weight is 179 g/mol. The van der Waals surface area contributed by atoms with Crippen LogP contribution in [0.3, 0.4) is 0 Å². The molecule has 0 bridgehead atoms. The second-order valence-electron chi connectivity index (χ2n) is 3.56. The lowest BCUT2D eigenvalue weighted by atomic mass is 10.2. The van der Waals surface area contributed by atoms with Crippen LogP contribution in [-0.2, 0) is 4.79 Å². The molecule has 1 aliphatic rings. The number of hydrogen-bond donors (Lipinski definition) is 0. The molecule has 1 aromatic heterocycles. The first-order valence-electron chi connectivity index (χ1n) is 4.44. The van der Waals surface area contributed by atoms with Crippen molar-refractivity contribution in [1.82, 2.24) is 14.7 Å². The van der Waals surface area contributed by atoms with Gasteiger partial charge in [-0.3, -0.25) is 9.48 Å². The molecule has 4 heteroatoms. The number of aryl methyl sites for hydroxylation is 1. The summed E-state index contributed by atoms with van der Waals surface area (Å²) in [5, 5.41) is 4.15. The van der Waals surface area contributed by atoms with Gasteiger partial charge in [0.25, 0.3) is 0 Å². The summed E-state index contributed by atoms with van der Waals surface area (Å²) < 4.78 is 1.77. The van der Waals surface area contributed by atoms with Crippen molar-refractivity contribution in [3.05, 3.63) is 18.0 Å². The van der Waals surface area contributed by atoms with Crippen molar-refractivity contribution in [2.45, 2.75) is 19.4 Å². The second kappa shape index (κ2) is 2.87. The molecular formula is C9H13N3O. The van der Waals surface area contributed by atoms with Crippen LogP contribution in [-0.4, -0.2) is 34.2 Å². The molecular weight excluding hydrogens is 166 g/mol. The lowest BCUT2D eigenvalue weighted by Crippen LogP contribution is -2.24. The molecule has 70 valence electrons. The van der Waals surface area contributed by atoms with Gasteiger partial charge in [0.1, 0.15) is 6.04 Å². The van der Waals surface area contributed by atoms with Gasteiger partial charge in [-0.05, 0) is 18.9 Å². The standard InChI is InChI=1S/C9H13N3O/c1-7-5-10-12(6-7)8-3-4-11(2)9(8)13/h5-6,8H,3-4H2,1-2H3. The van der Waals surface area contributed by atoms with Crippen LogP contribution in [0.4, 0.5) is 0 Å². The highest BCUT2D eigenvalue weighted by Crippen LogP contribution is 2.20. The fraction of sp³-hybridized carbons (Fsp3) is 0.556. The largest absolute Gasteiger partial charge is 0.344 e. The first kappa shape index (κ1) is 8.29. The van der Waals surface area contributed by atoms with E-state index in [4.69, 9.17) is 0 Å². The number of hydrogen-bond acceptors (Lipinski definition) is 2. The summed E-state index contributed by atoms with van der Waals surface area (Å²) in [5.41, 5.74) is 1.10. The Morgan fingerprint density at radius 2 is 2.38 bits per heavy atom. The summed E-state index contributed by atoms with van der Waals surface area (Å²) in [5.74, 6) is 0.170. The third-order valence-corrected chi connectivity index (χ3v) is 2.45. The Morgan fingerprint density at radius 3 is 2.85 bits per heavy atom. The second-order valence-corrected chi connectivity index (χ2v) is 3.56. The van der Waals surface area contributed by atoms with E-state index in [1.165, 1.54) is 0 Å². The molecule has 1 saturated heterocycles. The first-order chi connectivity index (χ1) is 6.18. The fourth-order valence-corrected chi connectivity index (χ4v) is 1.65. The van der Waals surface area contributed by atoms with E-state index in [9.17, 15) is 4.79 Å². The summed E-state index contributed by atoms with van der Waals surface area (Å²) in [4.78, 5) is 13.3. The molecule has 13 heavy (non-hydrogen) atoms. The Hall–Kier alpha value is -1.32. The minimum atomic E-state index is -0.0706. The molecule has 2 heterocycles. The third-order valence-electron chi connectivity index (χ3n) is 2.45. The quantitative estimate of drug-likeness (QED) is 0.633. The van der Waals surface area contributed by atoms with Gasteiger partial charge in [-0.15, -0.1) is 0 Å². The van der Waals surface area contributed by atoms with Gasteiger partial charge in [0.05, 0.1) is 6.20 Å². The van der Waals surface area contributed by atoms with Crippen LogP contribution in [0, 0.1) is 6.92 Å². The van der Waals surface area contributed by atoms with Gasteiger partial charge in [-0.2, -0.15) is 5.10 Å². The summed E-state index contributed by atoms with van der Waals surface area (Å²) >= 11 is 0. The molecule has 0 N–H and O–H groups in total. The Bertz CT molecular complexity index is 331. The number of aromatic nitrogens is 2. The van der Waals surface area contributed by atoms with Gasteiger partial charge in [-0.1, -0.05) is 0 Å². The van der Waals surface area contributed by atoms with Crippen molar-refractivity contribution >= 4 is 5.91 Å². The minimum Gasteiger partial charge on any atom is -0.344 e. The van der Waals surface area contributed by atoms with Crippen LogP contribution in [0.15, 0.2) is 12.4 Å². The number of carbonyl (C=O) groups is 1. The van der Waals surface area contributed by atoms with E-state index in [1.807, 2.05) is 20.2 Å². The van der Waals surface area contributed by atoms with E-state index in [0.29, 0.717) is 0 Å². The highest BCUT2D eigenvalue weighted by Gasteiger charge is 2.30. The zero-order chi connectivity index (χ0) is 9.42. The van der Waals surface area contributed by atoms with Crippen molar-refractivity contribution in [1.29, 1.82) is 0 Å². The number of rotatable bonds is 1. The summed E-state index contributed by atoms with van der Waals surface area (Å²) in [7, 11) is 1.83. The molecule has 0 radical (unpaired) electrons. The third kappa shape index (κ3) is 1.32. The van der Waals surface area contributed by atoms with Gasteiger partial charge >= 0.3 is 0 Å². The molecule has 1 unspecified atom stereocenters. The maximum absolute atomic E-state index is 11.6. The van der Waals surface area contributed by atoms with Crippen molar-refractivity contribution < 1.29 is 4.79 Å². The maximum Gasteiger partial charge on any atom is 0.247 e. The molecule has 0 spiro atoms. The Labute approximate surface area is 77.1 Å². The van der Waals surface area contributed by atoms with Gasteiger partial charge in [0.15, 0.2) is 0 Å².